The van der Waals surface area contributed by atoms with Gasteiger partial charge in [0.2, 0.25) is 5.91 Å². The number of carbonyl (C=O) groups is 3. The van der Waals surface area contributed by atoms with Crippen molar-refractivity contribution >= 4 is 18.0 Å². The summed E-state index contributed by atoms with van der Waals surface area (Å²) in [6.45, 7) is 7.78. The number of allylic oxidation sites excluding steroid dienone is 1. The molecule has 0 aromatic heterocycles. The van der Waals surface area contributed by atoms with Crippen LogP contribution in [0.1, 0.15) is 56.6 Å². The topological polar surface area (TPSA) is 105 Å². The fourth-order valence-electron chi connectivity index (χ4n) is 4.37. The fourth-order valence-corrected chi connectivity index (χ4v) is 4.37. The van der Waals surface area contributed by atoms with Crippen LogP contribution in [0.25, 0.3) is 11.1 Å². The molecule has 2 unspecified atom stereocenters. The van der Waals surface area contributed by atoms with Gasteiger partial charge < -0.3 is 20.5 Å². The molecular weight excluding hydrogens is 444 g/mol. The van der Waals surface area contributed by atoms with Gasteiger partial charge in [0.1, 0.15) is 18.7 Å². The van der Waals surface area contributed by atoms with E-state index in [1.807, 2.05) is 50.2 Å². The van der Waals surface area contributed by atoms with Crippen molar-refractivity contribution in [2.45, 2.75) is 57.5 Å². The molecule has 1 aliphatic rings. The second-order valence-electron chi connectivity index (χ2n) is 9.26. The van der Waals surface area contributed by atoms with Gasteiger partial charge in [0.05, 0.1) is 0 Å². The molecule has 3 N–H and O–H groups in total. The highest BCUT2D eigenvalue weighted by atomic mass is 16.5. The molecule has 0 aliphatic heterocycles. The number of alkyl carbamates (subject to hydrolysis) is 1. The van der Waals surface area contributed by atoms with E-state index in [2.05, 4.69) is 29.3 Å². The van der Waals surface area contributed by atoms with Gasteiger partial charge in [-0.25, -0.2) is 9.59 Å². The zero-order chi connectivity index (χ0) is 25.4. The summed E-state index contributed by atoms with van der Waals surface area (Å²) in [5.41, 5.74) is 4.44. The van der Waals surface area contributed by atoms with Crippen LogP contribution < -0.4 is 10.6 Å². The van der Waals surface area contributed by atoms with Crippen LogP contribution in [0.3, 0.4) is 0 Å². The summed E-state index contributed by atoms with van der Waals surface area (Å²) in [6.07, 6.45) is 2.67. The van der Waals surface area contributed by atoms with Gasteiger partial charge in [0.25, 0.3) is 0 Å². The van der Waals surface area contributed by atoms with Crippen LogP contribution in [0.5, 0.6) is 0 Å². The van der Waals surface area contributed by atoms with Gasteiger partial charge in [-0.05, 0) is 53.9 Å². The molecule has 0 spiro atoms. The number of fused-ring (bicyclic) bond motifs is 3. The number of hydrogen-bond donors (Lipinski definition) is 3. The maximum atomic E-state index is 12.9. The maximum Gasteiger partial charge on any atom is 0.407 e. The standard InChI is InChI=1S/C28H34N2O5/c1-4-5-14-24(26(31)29-25(27(32)33)16-15-18(2)3)30-28(34)35-17-23-21-12-8-6-10-19(21)20-11-7-9-13-22(20)23/h4,6-13,18,23-25H,1,5,14-17H2,2-3H3,(H,29,31)(H,30,34)(H,32,33). The molecule has 1 aliphatic carbocycles. The predicted molar refractivity (Wildman–Crippen MR) is 135 cm³/mol. The van der Waals surface area contributed by atoms with Crippen LogP contribution in [-0.4, -0.2) is 41.8 Å². The Bertz CT molecular complexity index is 1020. The zero-order valence-corrected chi connectivity index (χ0v) is 20.3. The normalized spacial score (nSPS) is 13.9. The smallest absolute Gasteiger partial charge is 0.407 e. The van der Waals surface area contributed by atoms with Crippen LogP contribution in [0.15, 0.2) is 61.2 Å². The highest BCUT2D eigenvalue weighted by Gasteiger charge is 2.30. The average molecular weight is 479 g/mol. The Balaban J connectivity index is 1.64. The lowest BCUT2D eigenvalue weighted by Gasteiger charge is -2.22. The summed E-state index contributed by atoms with van der Waals surface area (Å²) < 4.78 is 5.56. The van der Waals surface area contributed by atoms with Gasteiger partial charge in [0, 0.05) is 5.92 Å². The Labute approximate surface area is 206 Å². The monoisotopic (exact) mass is 478 g/mol. The first-order valence-corrected chi connectivity index (χ1v) is 12.1. The molecule has 0 saturated carbocycles. The van der Waals surface area contributed by atoms with Crippen LogP contribution in [-0.2, 0) is 14.3 Å². The number of carboxylic acids is 1. The largest absolute Gasteiger partial charge is 0.480 e. The van der Waals surface area contributed by atoms with E-state index in [4.69, 9.17) is 4.74 Å². The summed E-state index contributed by atoms with van der Waals surface area (Å²) in [5.74, 6) is -1.43. The lowest BCUT2D eigenvalue weighted by molar-refractivity contribution is -0.142. The van der Waals surface area contributed by atoms with E-state index in [-0.39, 0.29) is 18.9 Å². The van der Waals surface area contributed by atoms with Gasteiger partial charge >= 0.3 is 12.1 Å². The molecule has 35 heavy (non-hydrogen) atoms. The van der Waals surface area contributed by atoms with E-state index >= 15 is 0 Å². The first kappa shape index (κ1) is 26.0. The molecule has 7 nitrogen and oxygen atoms in total. The Kier molecular flexibility index (Phi) is 9.06. The molecule has 2 aromatic carbocycles. The first-order chi connectivity index (χ1) is 16.8. The fraction of sp³-hybridized carbons (Fsp3) is 0.393. The number of amides is 2. The Morgan fingerprint density at radius 3 is 2.09 bits per heavy atom. The van der Waals surface area contributed by atoms with E-state index in [0.717, 1.165) is 22.3 Å². The zero-order valence-electron chi connectivity index (χ0n) is 20.3. The van der Waals surface area contributed by atoms with Crippen LogP contribution in [0.2, 0.25) is 0 Å². The molecular formula is C28H34N2O5. The van der Waals surface area contributed by atoms with Crippen LogP contribution >= 0.6 is 0 Å². The predicted octanol–water partition coefficient (Wildman–Crippen LogP) is 4.87. The second kappa shape index (κ2) is 12.2. The number of rotatable bonds is 12. The molecule has 2 aromatic rings. The van der Waals surface area contributed by atoms with E-state index in [9.17, 15) is 19.5 Å². The summed E-state index contributed by atoms with van der Waals surface area (Å²) in [5, 5.41) is 14.7. The van der Waals surface area contributed by atoms with Gasteiger partial charge in [-0.3, -0.25) is 4.79 Å². The summed E-state index contributed by atoms with van der Waals surface area (Å²) in [4.78, 5) is 37.1. The Hall–Kier alpha value is -3.61. The van der Waals surface area contributed by atoms with Gasteiger partial charge in [-0.2, -0.15) is 0 Å². The second-order valence-corrected chi connectivity index (χ2v) is 9.26. The number of aliphatic carboxylic acids is 1. The average Bonchev–Trinajstić information content (AvgIpc) is 3.16. The van der Waals surface area contributed by atoms with Crippen LogP contribution in [0.4, 0.5) is 4.79 Å². The molecule has 0 fully saturated rings. The summed E-state index contributed by atoms with van der Waals surface area (Å²) in [7, 11) is 0. The van der Waals surface area contributed by atoms with Crippen molar-refractivity contribution in [2.24, 2.45) is 5.92 Å². The highest BCUT2D eigenvalue weighted by Crippen LogP contribution is 2.44. The van der Waals surface area contributed by atoms with Crippen molar-refractivity contribution in [3.05, 3.63) is 72.3 Å². The third kappa shape index (κ3) is 6.72. The maximum absolute atomic E-state index is 12.9. The molecule has 2 atom stereocenters. The van der Waals surface area contributed by atoms with Crippen molar-refractivity contribution in [1.82, 2.24) is 10.6 Å². The number of carboxylic acid groups (broad SMARTS) is 1. The van der Waals surface area contributed by atoms with Crippen molar-refractivity contribution in [2.75, 3.05) is 6.61 Å². The molecule has 0 radical (unpaired) electrons. The molecule has 186 valence electrons. The van der Waals surface area contributed by atoms with E-state index < -0.39 is 30.1 Å². The minimum Gasteiger partial charge on any atom is -0.480 e. The van der Waals surface area contributed by atoms with Gasteiger partial charge in [0.15, 0.2) is 0 Å². The van der Waals surface area contributed by atoms with E-state index in [1.165, 1.54) is 0 Å². The number of hydrogen-bond acceptors (Lipinski definition) is 4. The molecule has 2 amide bonds. The lowest BCUT2D eigenvalue weighted by atomic mass is 9.98. The third-order valence-electron chi connectivity index (χ3n) is 6.26. The van der Waals surface area contributed by atoms with Crippen molar-refractivity contribution in [3.8, 4) is 11.1 Å². The summed E-state index contributed by atoms with van der Waals surface area (Å²) >= 11 is 0. The SMILES string of the molecule is C=CCCC(NC(=O)OCC1c2ccccc2-c2ccccc21)C(=O)NC(CCC(C)C)C(=O)O. The summed E-state index contributed by atoms with van der Waals surface area (Å²) in [6, 6.07) is 14.1. The van der Waals surface area contributed by atoms with Crippen molar-refractivity contribution < 1.29 is 24.2 Å². The Morgan fingerprint density at radius 1 is 0.943 bits per heavy atom. The molecule has 3 rings (SSSR count). The van der Waals surface area contributed by atoms with Crippen molar-refractivity contribution in [3.63, 3.8) is 0 Å². The Morgan fingerprint density at radius 2 is 1.54 bits per heavy atom. The lowest BCUT2D eigenvalue weighted by Crippen LogP contribution is -2.51. The van der Waals surface area contributed by atoms with Gasteiger partial charge in [-0.1, -0.05) is 68.5 Å². The minimum atomic E-state index is -1.09. The first-order valence-electron chi connectivity index (χ1n) is 12.1. The molecule has 0 saturated heterocycles. The quantitative estimate of drug-likeness (QED) is 0.378. The third-order valence-corrected chi connectivity index (χ3v) is 6.26. The van der Waals surface area contributed by atoms with Crippen molar-refractivity contribution in [1.29, 1.82) is 0 Å². The molecule has 0 bridgehead atoms. The van der Waals surface area contributed by atoms with Crippen LogP contribution in [0, 0.1) is 5.92 Å². The van der Waals surface area contributed by atoms with Gasteiger partial charge in [-0.15, -0.1) is 6.58 Å². The minimum absolute atomic E-state index is 0.0963. The number of ether oxygens (including phenoxy) is 1. The number of carbonyl (C=O) groups excluding carboxylic acids is 2. The molecule has 0 heterocycles. The highest BCUT2D eigenvalue weighted by molar-refractivity contribution is 5.89. The van der Waals surface area contributed by atoms with E-state index in [0.29, 0.717) is 25.2 Å². The van der Waals surface area contributed by atoms with E-state index in [1.54, 1.807) is 6.08 Å². The number of nitrogens with one attached hydrogen (secondary N) is 2. The number of benzene rings is 2. The molecule has 7 heteroatoms.